The molecule has 14 heavy (non-hydrogen) atoms. The van der Waals surface area contributed by atoms with Crippen molar-refractivity contribution < 1.29 is 0 Å². The van der Waals surface area contributed by atoms with Gasteiger partial charge in [0, 0.05) is 18.5 Å². The molecule has 0 aliphatic carbocycles. The molecule has 0 bridgehead atoms. The first-order chi connectivity index (χ1) is 6.79. The van der Waals surface area contributed by atoms with Crippen LogP contribution in [0, 0.1) is 6.92 Å². The van der Waals surface area contributed by atoms with Crippen LogP contribution < -0.4 is 5.73 Å². The summed E-state index contributed by atoms with van der Waals surface area (Å²) in [6, 6.07) is 2.01. The van der Waals surface area contributed by atoms with Gasteiger partial charge in [0.05, 0.1) is 5.69 Å². The molecule has 0 saturated heterocycles. The van der Waals surface area contributed by atoms with E-state index in [2.05, 4.69) is 10.1 Å². The summed E-state index contributed by atoms with van der Waals surface area (Å²) < 4.78 is 1.82. The van der Waals surface area contributed by atoms with Gasteiger partial charge >= 0.3 is 0 Å². The average molecular weight is 190 g/mol. The van der Waals surface area contributed by atoms with Gasteiger partial charge in [-0.1, -0.05) is 0 Å². The van der Waals surface area contributed by atoms with Crippen LogP contribution in [-0.2, 0) is 6.42 Å². The highest BCUT2D eigenvalue weighted by Crippen LogP contribution is 2.06. The third-order valence-electron chi connectivity index (χ3n) is 2.13. The highest BCUT2D eigenvalue weighted by atomic mass is 15.2. The number of hydrogen-bond acceptors (Lipinski definition) is 3. The molecule has 74 valence electrons. The van der Waals surface area contributed by atoms with Crippen LogP contribution in [0.25, 0.3) is 5.65 Å². The molecular weight excluding hydrogens is 176 g/mol. The summed E-state index contributed by atoms with van der Waals surface area (Å²) in [5.41, 5.74) is 8.53. The zero-order valence-corrected chi connectivity index (χ0v) is 8.27. The van der Waals surface area contributed by atoms with Crippen molar-refractivity contribution in [2.24, 2.45) is 5.73 Å². The lowest BCUT2D eigenvalue weighted by molar-refractivity contribution is 0.787. The van der Waals surface area contributed by atoms with Gasteiger partial charge in [0.2, 0.25) is 0 Å². The molecule has 0 saturated carbocycles. The Morgan fingerprint density at radius 3 is 3.14 bits per heavy atom. The predicted octanol–water partition coefficient (Wildman–Crippen LogP) is 0.929. The molecule has 2 rings (SSSR count). The molecular formula is C10H14N4. The molecule has 2 aromatic rings. The molecule has 0 fully saturated rings. The van der Waals surface area contributed by atoms with E-state index >= 15 is 0 Å². The molecule has 0 spiro atoms. The summed E-state index contributed by atoms with van der Waals surface area (Å²) in [5.74, 6) is 0. The molecule has 4 nitrogen and oxygen atoms in total. The topological polar surface area (TPSA) is 56.2 Å². The van der Waals surface area contributed by atoms with E-state index in [-0.39, 0.29) is 0 Å². The van der Waals surface area contributed by atoms with Crippen molar-refractivity contribution in [1.29, 1.82) is 0 Å². The molecule has 2 heterocycles. The van der Waals surface area contributed by atoms with E-state index in [1.807, 2.05) is 29.9 Å². The van der Waals surface area contributed by atoms with Crippen molar-refractivity contribution in [2.75, 3.05) is 6.54 Å². The van der Waals surface area contributed by atoms with Crippen LogP contribution in [0.2, 0.25) is 0 Å². The minimum Gasteiger partial charge on any atom is -0.330 e. The summed E-state index contributed by atoms with van der Waals surface area (Å²) in [4.78, 5) is 4.28. The largest absolute Gasteiger partial charge is 0.330 e. The Hall–Kier alpha value is -1.42. The average Bonchev–Trinajstić information content (AvgIpc) is 2.56. The second-order valence-electron chi connectivity index (χ2n) is 3.46. The Balaban J connectivity index is 2.32. The summed E-state index contributed by atoms with van der Waals surface area (Å²) >= 11 is 0. The second-order valence-corrected chi connectivity index (χ2v) is 3.46. The van der Waals surface area contributed by atoms with Gasteiger partial charge in [-0.25, -0.2) is 9.50 Å². The SMILES string of the molecule is Cc1cnc2cc(CCCN)nn2c1. The Kier molecular flexibility index (Phi) is 2.45. The minimum absolute atomic E-state index is 0.709. The van der Waals surface area contributed by atoms with E-state index < -0.39 is 0 Å². The van der Waals surface area contributed by atoms with E-state index in [0.29, 0.717) is 6.54 Å². The molecule has 0 aliphatic heterocycles. The van der Waals surface area contributed by atoms with Crippen LogP contribution in [-0.4, -0.2) is 21.1 Å². The lowest BCUT2D eigenvalue weighted by Crippen LogP contribution is -2.00. The Labute approximate surface area is 82.8 Å². The number of aryl methyl sites for hydroxylation is 2. The first-order valence-corrected chi connectivity index (χ1v) is 4.80. The van der Waals surface area contributed by atoms with Gasteiger partial charge in [-0.3, -0.25) is 0 Å². The molecule has 0 amide bonds. The molecule has 0 radical (unpaired) electrons. The van der Waals surface area contributed by atoms with Crippen LogP contribution in [0.15, 0.2) is 18.5 Å². The van der Waals surface area contributed by atoms with Crippen molar-refractivity contribution in [2.45, 2.75) is 19.8 Å². The molecule has 2 N–H and O–H groups in total. The summed E-state index contributed by atoms with van der Waals surface area (Å²) in [6.07, 6.45) is 5.74. The van der Waals surface area contributed by atoms with Crippen molar-refractivity contribution in [1.82, 2.24) is 14.6 Å². The van der Waals surface area contributed by atoms with Gasteiger partial charge < -0.3 is 5.73 Å². The number of fused-ring (bicyclic) bond motifs is 1. The highest BCUT2D eigenvalue weighted by Gasteiger charge is 2.01. The van der Waals surface area contributed by atoms with Crippen molar-refractivity contribution in [3.05, 3.63) is 29.7 Å². The Morgan fingerprint density at radius 1 is 1.50 bits per heavy atom. The molecule has 0 atom stereocenters. The van der Waals surface area contributed by atoms with E-state index in [0.717, 1.165) is 29.7 Å². The third-order valence-corrected chi connectivity index (χ3v) is 2.13. The predicted molar refractivity (Wildman–Crippen MR) is 55.1 cm³/mol. The van der Waals surface area contributed by atoms with Gasteiger partial charge in [0.1, 0.15) is 0 Å². The van der Waals surface area contributed by atoms with Crippen LogP contribution in [0.4, 0.5) is 0 Å². The van der Waals surface area contributed by atoms with Gasteiger partial charge in [-0.05, 0) is 31.9 Å². The minimum atomic E-state index is 0.709. The Bertz CT molecular complexity index is 433. The van der Waals surface area contributed by atoms with Crippen LogP contribution >= 0.6 is 0 Å². The molecule has 4 heteroatoms. The van der Waals surface area contributed by atoms with Crippen molar-refractivity contribution >= 4 is 5.65 Å². The van der Waals surface area contributed by atoms with Gasteiger partial charge in [-0.15, -0.1) is 0 Å². The third kappa shape index (κ3) is 1.75. The first-order valence-electron chi connectivity index (χ1n) is 4.80. The zero-order chi connectivity index (χ0) is 9.97. The number of nitrogens with zero attached hydrogens (tertiary/aromatic N) is 3. The lowest BCUT2D eigenvalue weighted by Gasteiger charge is -1.93. The smallest absolute Gasteiger partial charge is 0.155 e. The highest BCUT2D eigenvalue weighted by molar-refractivity contribution is 5.39. The molecule has 2 aromatic heterocycles. The number of rotatable bonds is 3. The lowest BCUT2D eigenvalue weighted by atomic mass is 10.2. The van der Waals surface area contributed by atoms with Gasteiger partial charge in [0.15, 0.2) is 5.65 Å². The maximum absolute atomic E-state index is 5.44. The monoisotopic (exact) mass is 190 g/mol. The molecule has 0 unspecified atom stereocenters. The second kappa shape index (κ2) is 3.75. The van der Waals surface area contributed by atoms with E-state index in [4.69, 9.17) is 5.73 Å². The van der Waals surface area contributed by atoms with E-state index in [1.165, 1.54) is 0 Å². The summed E-state index contributed by atoms with van der Waals surface area (Å²) in [6.45, 7) is 2.72. The number of nitrogens with two attached hydrogens (primary N) is 1. The molecule has 0 aromatic carbocycles. The quantitative estimate of drug-likeness (QED) is 0.783. The van der Waals surface area contributed by atoms with Crippen molar-refractivity contribution in [3.8, 4) is 0 Å². The fraction of sp³-hybridized carbons (Fsp3) is 0.400. The normalized spacial score (nSPS) is 11.0. The Morgan fingerprint density at radius 2 is 2.36 bits per heavy atom. The first kappa shape index (κ1) is 9.15. The fourth-order valence-corrected chi connectivity index (χ4v) is 1.42. The van der Waals surface area contributed by atoms with Crippen LogP contribution in [0.1, 0.15) is 17.7 Å². The van der Waals surface area contributed by atoms with Gasteiger partial charge in [0.25, 0.3) is 0 Å². The summed E-state index contributed by atoms with van der Waals surface area (Å²) in [5, 5.41) is 4.41. The van der Waals surface area contributed by atoms with E-state index in [9.17, 15) is 0 Å². The van der Waals surface area contributed by atoms with Crippen LogP contribution in [0.3, 0.4) is 0 Å². The zero-order valence-electron chi connectivity index (χ0n) is 8.27. The van der Waals surface area contributed by atoms with Crippen LogP contribution in [0.5, 0.6) is 0 Å². The standard InChI is InChI=1S/C10H14N4/c1-8-6-12-10-5-9(3-2-4-11)13-14(10)7-8/h5-7H,2-4,11H2,1H3. The van der Waals surface area contributed by atoms with Gasteiger partial charge in [-0.2, -0.15) is 5.10 Å². The summed E-state index contributed by atoms with van der Waals surface area (Å²) in [7, 11) is 0. The van der Waals surface area contributed by atoms with Crippen molar-refractivity contribution in [3.63, 3.8) is 0 Å². The molecule has 0 aliphatic rings. The maximum atomic E-state index is 5.44. The fourth-order valence-electron chi connectivity index (χ4n) is 1.42. The number of hydrogen-bond donors (Lipinski definition) is 1. The van der Waals surface area contributed by atoms with E-state index in [1.54, 1.807) is 0 Å². The maximum Gasteiger partial charge on any atom is 0.155 e. The number of aromatic nitrogens is 3.